The van der Waals surface area contributed by atoms with Gasteiger partial charge in [-0.05, 0) is 93.0 Å². The van der Waals surface area contributed by atoms with E-state index in [4.69, 9.17) is 18.6 Å². The molecule has 0 saturated heterocycles. The van der Waals surface area contributed by atoms with E-state index in [-0.39, 0.29) is 36.7 Å². The molecule has 0 fully saturated rings. The quantitative estimate of drug-likeness (QED) is 0.0770. The van der Waals surface area contributed by atoms with Gasteiger partial charge in [0.2, 0.25) is 0 Å². The van der Waals surface area contributed by atoms with Crippen molar-refractivity contribution in [3.8, 4) is 11.5 Å². The first-order valence-corrected chi connectivity index (χ1v) is 23.4. The van der Waals surface area contributed by atoms with E-state index < -0.39 is 20.2 Å². The fourth-order valence-electron chi connectivity index (χ4n) is 8.44. The number of carbonyl (C=O) groups is 4. The summed E-state index contributed by atoms with van der Waals surface area (Å²) >= 11 is 0. The molecule has 6 aromatic rings. The summed E-state index contributed by atoms with van der Waals surface area (Å²) in [5.41, 5.74) is 7.30. The number of rotatable bonds is 12. The number of fused-ring (bicyclic) bond motifs is 8. The number of methoxy groups -OCH3 is 2. The van der Waals surface area contributed by atoms with Crippen LogP contribution in [0.15, 0.2) is 48.5 Å². The molecule has 0 atom stereocenters. The van der Waals surface area contributed by atoms with Crippen molar-refractivity contribution in [3.05, 3.63) is 81.9 Å². The van der Waals surface area contributed by atoms with E-state index in [1.807, 2.05) is 76.5 Å². The zero-order valence-electron chi connectivity index (χ0n) is 36.2. The van der Waals surface area contributed by atoms with E-state index in [1.165, 1.54) is 9.80 Å². The van der Waals surface area contributed by atoms with E-state index in [0.29, 0.717) is 60.9 Å². The fraction of sp³-hybridized carbons (Fsp3) is 0.349. The van der Waals surface area contributed by atoms with Crippen molar-refractivity contribution in [2.75, 3.05) is 66.0 Å². The van der Waals surface area contributed by atoms with Gasteiger partial charge in [0, 0.05) is 72.9 Å². The number of benzene rings is 4. The lowest BCUT2D eigenvalue weighted by molar-refractivity contribution is 0.0640. The topological polar surface area (TPSA) is 236 Å². The van der Waals surface area contributed by atoms with Gasteiger partial charge in [0.05, 0.1) is 60.0 Å². The second-order valence-corrected chi connectivity index (χ2v) is 18.3. The summed E-state index contributed by atoms with van der Waals surface area (Å²) in [6.45, 7) is 6.63. The van der Waals surface area contributed by atoms with Crippen molar-refractivity contribution < 1.29 is 54.6 Å². The Kier molecular flexibility index (Phi) is 13.4. The third kappa shape index (κ3) is 9.41. The molecule has 0 bridgehead atoms. The molecule has 2 aliphatic rings. The van der Waals surface area contributed by atoms with Gasteiger partial charge in [0.15, 0.2) is 0 Å². The van der Waals surface area contributed by atoms with E-state index >= 15 is 0 Å². The smallest absolute Gasteiger partial charge is 0.261 e. The minimum Gasteiger partial charge on any atom is -0.497 e. The Bertz CT molecular complexity index is 2860. The third-order valence-electron chi connectivity index (χ3n) is 11.1. The molecule has 18 nitrogen and oxygen atoms in total. The molecule has 0 saturated carbocycles. The van der Waals surface area contributed by atoms with Crippen LogP contribution in [0.1, 0.15) is 59.0 Å². The van der Waals surface area contributed by atoms with Crippen LogP contribution >= 0.6 is 0 Å². The van der Waals surface area contributed by atoms with Gasteiger partial charge in [-0.15, -0.1) is 0 Å². The van der Waals surface area contributed by atoms with E-state index in [1.54, 1.807) is 14.2 Å². The Morgan fingerprint density at radius 3 is 1.24 bits per heavy atom. The number of nitrogens with one attached hydrogen (secondary N) is 2. The summed E-state index contributed by atoms with van der Waals surface area (Å²) in [6.07, 6.45) is 2.21. The number of imide groups is 2. The molecule has 336 valence electrons. The molecule has 4 N–H and O–H groups in total. The van der Waals surface area contributed by atoms with Crippen molar-refractivity contribution in [2.24, 2.45) is 14.1 Å². The maximum atomic E-state index is 13.5. The second-order valence-electron chi connectivity index (χ2n) is 15.4. The minimum atomic E-state index is -3.67. The second kappa shape index (κ2) is 18.1. The molecule has 2 aliphatic heterocycles. The maximum Gasteiger partial charge on any atom is 0.261 e. The minimum absolute atomic E-state index is 0.263. The standard InChI is InChI=1S/C41H42N6O6.2CH4O3S/c1-22-34-30(20-28-26-18-24(52-5)8-10-32(26)44(3)36(22)28)38(48)46(40(34)50)16-14-42-12-7-13-43-15-17-47-39(49)31-21-29-27-19-25(53-6)9-11-33(27)45(4)37(29)23(2)35(31)41(47)51;2*1-5(2,3)4/h8-11,18-21,42-43H,7,12-17H2,1-6H3;2*1H3,(H,2,3,4). The largest absolute Gasteiger partial charge is 0.497 e. The summed E-state index contributed by atoms with van der Waals surface area (Å²) in [5.74, 6) is 0.390. The number of hydrogen-bond acceptors (Lipinski definition) is 12. The third-order valence-corrected chi connectivity index (χ3v) is 11.1. The van der Waals surface area contributed by atoms with Gasteiger partial charge < -0.3 is 29.2 Å². The lowest BCUT2D eigenvalue weighted by Gasteiger charge is -2.15. The fourth-order valence-corrected chi connectivity index (χ4v) is 8.44. The van der Waals surface area contributed by atoms with Crippen molar-refractivity contribution in [1.82, 2.24) is 29.6 Å². The van der Waals surface area contributed by atoms with Crippen LogP contribution in [-0.2, 0) is 34.3 Å². The zero-order valence-corrected chi connectivity index (χ0v) is 37.8. The first kappa shape index (κ1) is 46.6. The number of aromatic nitrogens is 2. The van der Waals surface area contributed by atoms with Gasteiger partial charge in [-0.25, -0.2) is 0 Å². The molecule has 4 heterocycles. The Hall–Kier alpha value is -5.90. The van der Waals surface area contributed by atoms with E-state index in [0.717, 1.165) is 72.7 Å². The number of amides is 4. The van der Waals surface area contributed by atoms with Crippen LogP contribution < -0.4 is 20.1 Å². The highest BCUT2D eigenvalue weighted by atomic mass is 32.2. The molecule has 4 amide bonds. The van der Waals surface area contributed by atoms with Crippen molar-refractivity contribution in [3.63, 3.8) is 0 Å². The normalized spacial score (nSPS) is 13.8. The molecule has 20 heteroatoms. The first-order chi connectivity index (χ1) is 29.6. The molecule has 0 radical (unpaired) electrons. The molecular formula is C43H50N6O12S2. The van der Waals surface area contributed by atoms with Crippen LogP contribution in [0.3, 0.4) is 0 Å². The van der Waals surface area contributed by atoms with E-state index in [2.05, 4.69) is 19.8 Å². The number of ether oxygens (including phenoxy) is 2. The maximum absolute atomic E-state index is 13.5. The summed E-state index contributed by atoms with van der Waals surface area (Å²) < 4.78 is 66.8. The zero-order chi connectivity index (χ0) is 46.3. The first-order valence-electron chi connectivity index (χ1n) is 19.8. The highest BCUT2D eigenvalue weighted by Crippen LogP contribution is 2.40. The Balaban J connectivity index is 0.000000596. The molecular weight excluding hydrogens is 857 g/mol. The van der Waals surface area contributed by atoms with Gasteiger partial charge in [-0.2, -0.15) is 16.8 Å². The van der Waals surface area contributed by atoms with Crippen molar-refractivity contribution in [1.29, 1.82) is 0 Å². The summed E-state index contributed by atoms with van der Waals surface area (Å²) in [6, 6.07) is 15.4. The molecule has 4 aromatic carbocycles. The predicted octanol–water partition coefficient (Wildman–Crippen LogP) is 4.08. The van der Waals surface area contributed by atoms with Gasteiger partial charge >= 0.3 is 0 Å². The predicted molar refractivity (Wildman–Crippen MR) is 239 cm³/mol. The highest BCUT2D eigenvalue weighted by Gasteiger charge is 2.39. The highest BCUT2D eigenvalue weighted by molar-refractivity contribution is 7.85. The van der Waals surface area contributed by atoms with Gasteiger partial charge in [-0.1, -0.05) is 0 Å². The van der Waals surface area contributed by atoms with Crippen LogP contribution in [0.2, 0.25) is 0 Å². The lowest BCUT2D eigenvalue weighted by Crippen LogP contribution is -2.38. The summed E-state index contributed by atoms with van der Waals surface area (Å²) in [7, 11) is -0.132. The van der Waals surface area contributed by atoms with Gasteiger partial charge in [-0.3, -0.25) is 38.1 Å². The van der Waals surface area contributed by atoms with Crippen LogP contribution in [0.4, 0.5) is 0 Å². The lowest BCUT2D eigenvalue weighted by atomic mass is 9.99. The Morgan fingerprint density at radius 1 is 0.556 bits per heavy atom. The molecule has 2 aromatic heterocycles. The Labute approximate surface area is 364 Å². The average Bonchev–Trinajstić information content (AvgIpc) is 3.83. The summed E-state index contributed by atoms with van der Waals surface area (Å²) in [5, 5.41) is 10.5. The van der Waals surface area contributed by atoms with Crippen molar-refractivity contribution >= 4 is 87.5 Å². The SMILES string of the molecule is COc1ccc2c(c1)c1cc3c(c(C)c1n2C)C(=O)N(CCNCCCNCCN1C(=O)c2cc4c5cc(OC)ccc5n(C)c4c(C)c2C1=O)C3=O.CS(=O)(=O)O.CS(=O)(=O)O. The Morgan fingerprint density at radius 2 is 0.905 bits per heavy atom. The van der Waals surface area contributed by atoms with Crippen molar-refractivity contribution in [2.45, 2.75) is 20.3 Å². The van der Waals surface area contributed by atoms with E-state index in [9.17, 15) is 36.0 Å². The van der Waals surface area contributed by atoms with Crippen LogP contribution in [-0.4, -0.2) is 135 Å². The monoisotopic (exact) mass is 906 g/mol. The molecule has 8 rings (SSSR count). The molecule has 0 spiro atoms. The van der Waals surface area contributed by atoms with Crippen LogP contribution in [0.25, 0.3) is 43.6 Å². The van der Waals surface area contributed by atoms with Crippen LogP contribution in [0, 0.1) is 13.8 Å². The number of nitrogens with zero attached hydrogens (tertiary/aromatic N) is 4. The molecule has 0 unspecified atom stereocenters. The van der Waals surface area contributed by atoms with Gasteiger partial charge in [0.1, 0.15) is 11.5 Å². The average molecular weight is 907 g/mol. The molecule has 63 heavy (non-hydrogen) atoms. The number of carbonyl (C=O) groups excluding carboxylic acids is 4. The molecule has 0 aliphatic carbocycles. The number of aryl methyl sites for hydroxylation is 4. The van der Waals surface area contributed by atoms with Gasteiger partial charge in [0.25, 0.3) is 43.9 Å². The number of hydrogen-bond donors (Lipinski definition) is 4. The van der Waals surface area contributed by atoms with Crippen LogP contribution in [0.5, 0.6) is 11.5 Å². The summed E-state index contributed by atoms with van der Waals surface area (Å²) in [4.78, 5) is 56.6.